The standard InChI is InChI=1S/C14H26ClN3/c1-6-11(10(4)16-5)9-13-14(15)12(7-2)17-18(13)8-3/h10-11,16H,6-9H2,1-5H3. The Kier molecular flexibility index (Phi) is 6.16. The number of aryl methyl sites for hydroxylation is 2. The minimum absolute atomic E-state index is 0.497. The van der Waals surface area contributed by atoms with Gasteiger partial charge in [0.2, 0.25) is 0 Å². The van der Waals surface area contributed by atoms with E-state index in [1.165, 1.54) is 5.69 Å². The number of aromatic nitrogens is 2. The van der Waals surface area contributed by atoms with Crippen LogP contribution < -0.4 is 5.32 Å². The number of hydrogen-bond acceptors (Lipinski definition) is 2. The monoisotopic (exact) mass is 271 g/mol. The molecule has 0 fully saturated rings. The van der Waals surface area contributed by atoms with Gasteiger partial charge in [0.05, 0.1) is 16.4 Å². The van der Waals surface area contributed by atoms with Gasteiger partial charge >= 0.3 is 0 Å². The van der Waals surface area contributed by atoms with Crippen LogP contribution in [0, 0.1) is 5.92 Å². The number of hydrogen-bond donors (Lipinski definition) is 1. The average Bonchev–Trinajstić information content (AvgIpc) is 2.71. The molecule has 0 saturated carbocycles. The molecule has 1 N–H and O–H groups in total. The predicted molar refractivity (Wildman–Crippen MR) is 78.3 cm³/mol. The van der Waals surface area contributed by atoms with Crippen LogP contribution in [0.2, 0.25) is 5.02 Å². The van der Waals surface area contributed by atoms with Gasteiger partial charge in [-0.25, -0.2) is 0 Å². The Morgan fingerprint density at radius 3 is 2.44 bits per heavy atom. The first-order valence-corrected chi connectivity index (χ1v) is 7.37. The molecule has 0 amide bonds. The van der Waals surface area contributed by atoms with Crippen LogP contribution in [0.5, 0.6) is 0 Å². The van der Waals surface area contributed by atoms with Crippen molar-refractivity contribution in [3.05, 3.63) is 16.4 Å². The Bertz CT molecular complexity index is 373. The van der Waals surface area contributed by atoms with Crippen molar-refractivity contribution in [1.29, 1.82) is 0 Å². The fourth-order valence-corrected chi connectivity index (χ4v) is 2.72. The van der Waals surface area contributed by atoms with Crippen molar-refractivity contribution >= 4 is 11.6 Å². The van der Waals surface area contributed by atoms with Gasteiger partial charge in [-0.3, -0.25) is 4.68 Å². The molecular weight excluding hydrogens is 246 g/mol. The van der Waals surface area contributed by atoms with Gasteiger partial charge < -0.3 is 5.32 Å². The van der Waals surface area contributed by atoms with Crippen molar-refractivity contribution in [2.45, 2.75) is 59.5 Å². The second kappa shape index (κ2) is 7.15. The third kappa shape index (κ3) is 3.27. The molecule has 0 saturated heterocycles. The lowest BCUT2D eigenvalue weighted by Gasteiger charge is -2.22. The number of halogens is 1. The van der Waals surface area contributed by atoms with E-state index in [0.717, 1.165) is 36.5 Å². The summed E-state index contributed by atoms with van der Waals surface area (Å²) in [4.78, 5) is 0. The van der Waals surface area contributed by atoms with Crippen LogP contribution >= 0.6 is 11.6 Å². The van der Waals surface area contributed by atoms with E-state index in [9.17, 15) is 0 Å². The van der Waals surface area contributed by atoms with Crippen LogP contribution in [0.25, 0.3) is 0 Å². The van der Waals surface area contributed by atoms with Gasteiger partial charge in [0.1, 0.15) is 0 Å². The highest BCUT2D eigenvalue weighted by atomic mass is 35.5. The zero-order valence-corrected chi connectivity index (χ0v) is 13.0. The highest BCUT2D eigenvalue weighted by molar-refractivity contribution is 6.31. The van der Waals surface area contributed by atoms with Crippen LogP contribution in [0.3, 0.4) is 0 Å². The smallest absolute Gasteiger partial charge is 0.0849 e. The van der Waals surface area contributed by atoms with Gasteiger partial charge in [0.15, 0.2) is 0 Å². The molecule has 0 spiro atoms. The third-order valence-electron chi connectivity index (χ3n) is 3.84. The fraction of sp³-hybridized carbons (Fsp3) is 0.786. The average molecular weight is 272 g/mol. The predicted octanol–water partition coefficient (Wildman–Crippen LogP) is 3.30. The third-order valence-corrected chi connectivity index (χ3v) is 4.27. The van der Waals surface area contributed by atoms with Crippen molar-refractivity contribution in [2.24, 2.45) is 5.92 Å². The maximum Gasteiger partial charge on any atom is 0.0849 e. The van der Waals surface area contributed by atoms with Gasteiger partial charge in [0, 0.05) is 12.6 Å². The molecule has 0 aliphatic carbocycles. The van der Waals surface area contributed by atoms with E-state index >= 15 is 0 Å². The van der Waals surface area contributed by atoms with E-state index < -0.39 is 0 Å². The van der Waals surface area contributed by atoms with E-state index in [2.05, 4.69) is 42.8 Å². The van der Waals surface area contributed by atoms with E-state index in [-0.39, 0.29) is 0 Å². The van der Waals surface area contributed by atoms with E-state index in [1.807, 2.05) is 7.05 Å². The van der Waals surface area contributed by atoms with Gasteiger partial charge in [-0.15, -0.1) is 0 Å². The zero-order chi connectivity index (χ0) is 13.7. The fourth-order valence-electron chi connectivity index (χ4n) is 2.37. The van der Waals surface area contributed by atoms with Crippen molar-refractivity contribution < 1.29 is 0 Å². The van der Waals surface area contributed by atoms with Crippen molar-refractivity contribution in [3.63, 3.8) is 0 Å². The minimum atomic E-state index is 0.497. The minimum Gasteiger partial charge on any atom is -0.317 e. The van der Waals surface area contributed by atoms with E-state index in [0.29, 0.717) is 12.0 Å². The lowest BCUT2D eigenvalue weighted by atomic mass is 9.93. The highest BCUT2D eigenvalue weighted by Gasteiger charge is 2.21. The Morgan fingerprint density at radius 1 is 1.33 bits per heavy atom. The summed E-state index contributed by atoms with van der Waals surface area (Å²) in [6.45, 7) is 9.58. The van der Waals surface area contributed by atoms with E-state index in [4.69, 9.17) is 11.6 Å². The molecule has 2 unspecified atom stereocenters. The summed E-state index contributed by atoms with van der Waals surface area (Å²) in [5.41, 5.74) is 2.23. The maximum absolute atomic E-state index is 6.45. The van der Waals surface area contributed by atoms with E-state index in [1.54, 1.807) is 0 Å². The molecule has 4 heteroatoms. The largest absolute Gasteiger partial charge is 0.317 e. The van der Waals surface area contributed by atoms with Crippen molar-refractivity contribution in [3.8, 4) is 0 Å². The second-order valence-electron chi connectivity index (χ2n) is 4.83. The topological polar surface area (TPSA) is 29.9 Å². The van der Waals surface area contributed by atoms with Gasteiger partial charge in [-0.1, -0.05) is 31.9 Å². The summed E-state index contributed by atoms with van der Waals surface area (Å²) in [7, 11) is 2.02. The first kappa shape index (κ1) is 15.5. The van der Waals surface area contributed by atoms with Crippen LogP contribution in [-0.4, -0.2) is 22.9 Å². The molecular formula is C14H26ClN3. The molecule has 1 rings (SSSR count). The highest BCUT2D eigenvalue weighted by Crippen LogP contribution is 2.26. The lowest BCUT2D eigenvalue weighted by Crippen LogP contribution is -2.32. The Hall–Kier alpha value is -0.540. The summed E-state index contributed by atoms with van der Waals surface area (Å²) >= 11 is 6.45. The normalized spacial score (nSPS) is 14.8. The summed E-state index contributed by atoms with van der Waals surface area (Å²) in [6, 6.07) is 0.497. The molecule has 0 aliphatic heterocycles. The Balaban J connectivity index is 2.97. The quantitative estimate of drug-likeness (QED) is 0.825. The molecule has 2 atom stereocenters. The molecule has 0 aliphatic rings. The summed E-state index contributed by atoms with van der Waals surface area (Å²) in [5.74, 6) is 0.596. The summed E-state index contributed by atoms with van der Waals surface area (Å²) in [6.07, 6.45) is 3.05. The molecule has 1 heterocycles. The molecule has 0 aromatic carbocycles. The maximum atomic E-state index is 6.45. The number of nitrogens with zero attached hydrogens (tertiary/aromatic N) is 2. The van der Waals surface area contributed by atoms with Crippen LogP contribution in [0.1, 0.15) is 45.5 Å². The summed E-state index contributed by atoms with van der Waals surface area (Å²) < 4.78 is 2.06. The Morgan fingerprint density at radius 2 is 2.00 bits per heavy atom. The molecule has 1 aromatic rings. The second-order valence-corrected chi connectivity index (χ2v) is 5.20. The number of rotatable bonds is 7. The van der Waals surface area contributed by atoms with Gasteiger partial charge in [-0.2, -0.15) is 5.10 Å². The molecule has 104 valence electrons. The zero-order valence-electron chi connectivity index (χ0n) is 12.3. The van der Waals surface area contributed by atoms with Crippen molar-refractivity contribution in [1.82, 2.24) is 15.1 Å². The summed E-state index contributed by atoms with van der Waals surface area (Å²) in [5, 5.41) is 8.80. The molecule has 18 heavy (non-hydrogen) atoms. The van der Waals surface area contributed by atoms with Gasteiger partial charge in [-0.05, 0) is 39.7 Å². The SMILES string of the molecule is CCc1nn(CC)c(CC(CC)C(C)NC)c1Cl. The molecule has 0 bridgehead atoms. The van der Waals surface area contributed by atoms with Gasteiger partial charge in [0.25, 0.3) is 0 Å². The molecule has 0 radical (unpaired) electrons. The first-order valence-electron chi connectivity index (χ1n) is 7.00. The van der Waals surface area contributed by atoms with Crippen molar-refractivity contribution in [2.75, 3.05) is 7.05 Å². The number of nitrogens with one attached hydrogen (secondary N) is 1. The first-order chi connectivity index (χ1) is 8.58. The van der Waals surface area contributed by atoms with Crippen LogP contribution in [0.15, 0.2) is 0 Å². The Labute approximate surface area is 116 Å². The lowest BCUT2D eigenvalue weighted by molar-refractivity contribution is 0.371. The van der Waals surface area contributed by atoms with Crippen LogP contribution in [-0.2, 0) is 19.4 Å². The molecule has 3 nitrogen and oxygen atoms in total. The van der Waals surface area contributed by atoms with Crippen LogP contribution in [0.4, 0.5) is 0 Å². The molecule has 1 aromatic heterocycles.